The Morgan fingerprint density at radius 3 is 2.57 bits per heavy atom. The number of nitrogens with one attached hydrogen (secondary N) is 2. The fourth-order valence-corrected chi connectivity index (χ4v) is 3.05. The summed E-state index contributed by atoms with van der Waals surface area (Å²) in [6.07, 6.45) is 4.04. The quantitative estimate of drug-likeness (QED) is 0.767. The first-order valence-electron chi connectivity index (χ1n) is 7.98. The van der Waals surface area contributed by atoms with Crippen molar-refractivity contribution in [3.8, 4) is 0 Å². The summed E-state index contributed by atoms with van der Waals surface area (Å²) >= 11 is 0. The fourth-order valence-electron chi connectivity index (χ4n) is 3.05. The molecule has 23 heavy (non-hydrogen) atoms. The molecule has 1 saturated carbocycles. The molecule has 1 fully saturated rings. The first-order chi connectivity index (χ1) is 11.2. The molecule has 1 heterocycles. The van der Waals surface area contributed by atoms with E-state index in [1.807, 2.05) is 18.2 Å². The summed E-state index contributed by atoms with van der Waals surface area (Å²) in [6, 6.07) is 13.5. The van der Waals surface area contributed by atoms with Crippen molar-refractivity contribution in [2.75, 3.05) is 13.1 Å². The topological polar surface area (TPSA) is 74.5 Å². The normalized spacial score (nSPS) is 17.1. The molecule has 0 aliphatic heterocycles. The fraction of sp³-hybridized carbons (Fsp3) is 0.389. The lowest BCUT2D eigenvalue weighted by atomic mass is 9.64. The number of furan rings is 1. The number of carbonyl (C=O) groups excluding carboxylic acids is 1. The van der Waals surface area contributed by atoms with Gasteiger partial charge in [-0.2, -0.15) is 0 Å². The summed E-state index contributed by atoms with van der Waals surface area (Å²) < 4.78 is 5.10. The van der Waals surface area contributed by atoms with E-state index in [0.717, 1.165) is 12.8 Å². The lowest BCUT2D eigenvalue weighted by Gasteiger charge is -2.42. The number of urea groups is 1. The number of amides is 2. The van der Waals surface area contributed by atoms with Gasteiger partial charge in [-0.15, -0.1) is 0 Å². The third-order valence-electron chi connectivity index (χ3n) is 4.61. The minimum atomic E-state index is -0.831. The van der Waals surface area contributed by atoms with Crippen molar-refractivity contribution in [1.82, 2.24) is 10.6 Å². The minimum absolute atomic E-state index is 0.0538. The van der Waals surface area contributed by atoms with Gasteiger partial charge in [0.25, 0.3) is 0 Å². The van der Waals surface area contributed by atoms with Crippen molar-refractivity contribution in [2.45, 2.75) is 30.8 Å². The zero-order valence-electron chi connectivity index (χ0n) is 13.0. The smallest absolute Gasteiger partial charge is 0.314 e. The summed E-state index contributed by atoms with van der Waals surface area (Å²) in [5.74, 6) is 0.449. The molecule has 1 aliphatic rings. The van der Waals surface area contributed by atoms with Gasteiger partial charge in [0.2, 0.25) is 0 Å². The van der Waals surface area contributed by atoms with Gasteiger partial charge in [-0.3, -0.25) is 0 Å². The van der Waals surface area contributed by atoms with E-state index < -0.39 is 6.10 Å². The van der Waals surface area contributed by atoms with Gasteiger partial charge in [0.1, 0.15) is 11.9 Å². The maximum atomic E-state index is 12.0. The number of benzene rings is 1. The van der Waals surface area contributed by atoms with Crippen molar-refractivity contribution in [3.05, 3.63) is 60.1 Å². The average molecular weight is 314 g/mol. The number of carbonyl (C=O) groups is 1. The Balaban J connectivity index is 1.48. The molecular formula is C18H22N2O3. The van der Waals surface area contributed by atoms with Crippen LogP contribution >= 0.6 is 0 Å². The molecule has 1 aromatic heterocycles. The molecule has 3 N–H and O–H groups in total. The van der Waals surface area contributed by atoms with Gasteiger partial charge >= 0.3 is 6.03 Å². The molecular weight excluding hydrogens is 292 g/mol. The highest BCUT2D eigenvalue weighted by atomic mass is 16.4. The van der Waals surface area contributed by atoms with E-state index in [2.05, 4.69) is 22.8 Å². The van der Waals surface area contributed by atoms with Crippen LogP contribution in [0.1, 0.15) is 36.7 Å². The van der Waals surface area contributed by atoms with E-state index in [-0.39, 0.29) is 18.0 Å². The van der Waals surface area contributed by atoms with E-state index >= 15 is 0 Å². The SMILES string of the molecule is O=C(NCC(O)c1ccco1)NCC1(c2ccccc2)CCC1. The van der Waals surface area contributed by atoms with Crippen molar-refractivity contribution < 1.29 is 14.3 Å². The molecule has 0 saturated heterocycles. The predicted molar refractivity (Wildman–Crippen MR) is 87.0 cm³/mol. The lowest BCUT2D eigenvalue weighted by molar-refractivity contribution is 0.147. The Bertz CT molecular complexity index is 621. The van der Waals surface area contributed by atoms with E-state index in [1.165, 1.54) is 18.2 Å². The highest BCUT2D eigenvalue weighted by molar-refractivity contribution is 5.74. The van der Waals surface area contributed by atoms with Gasteiger partial charge < -0.3 is 20.2 Å². The highest BCUT2D eigenvalue weighted by Crippen LogP contribution is 2.43. The molecule has 2 aromatic rings. The maximum Gasteiger partial charge on any atom is 0.314 e. The van der Waals surface area contributed by atoms with Crippen LogP contribution in [0.3, 0.4) is 0 Å². The molecule has 2 amide bonds. The van der Waals surface area contributed by atoms with E-state index in [1.54, 1.807) is 12.1 Å². The van der Waals surface area contributed by atoms with Crippen LogP contribution in [0.5, 0.6) is 0 Å². The van der Waals surface area contributed by atoms with E-state index in [0.29, 0.717) is 12.3 Å². The van der Waals surface area contributed by atoms with Crippen molar-refractivity contribution >= 4 is 6.03 Å². The highest BCUT2D eigenvalue weighted by Gasteiger charge is 2.38. The zero-order chi connectivity index (χ0) is 16.1. The Labute approximate surface area is 135 Å². The molecule has 5 heteroatoms. The number of rotatable bonds is 6. The van der Waals surface area contributed by atoms with Gasteiger partial charge in [-0.1, -0.05) is 36.8 Å². The van der Waals surface area contributed by atoms with Crippen molar-refractivity contribution in [2.24, 2.45) is 0 Å². The van der Waals surface area contributed by atoms with E-state index in [9.17, 15) is 9.90 Å². The Kier molecular flexibility index (Phi) is 4.67. The monoisotopic (exact) mass is 314 g/mol. The van der Waals surface area contributed by atoms with Gasteiger partial charge in [0.15, 0.2) is 0 Å². The van der Waals surface area contributed by atoms with Crippen molar-refractivity contribution in [1.29, 1.82) is 0 Å². The first-order valence-corrected chi connectivity index (χ1v) is 7.98. The van der Waals surface area contributed by atoms with Crippen LogP contribution in [0.4, 0.5) is 4.79 Å². The van der Waals surface area contributed by atoms with E-state index in [4.69, 9.17) is 4.42 Å². The second-order valence-corrected chi connectivity index (χ2v) is 6.09. The second kappa shape index (κ2) is 6.87. The van der Waals surface area contributed by atoms with Crippen molar-refractivity contribution in [3.63, 3.8) is 0 Å². The van der Waals surface area contributed by atoms with Crippen LogP contribution < -0.4 is 10.6 Å². The molecule has 1 unspecified atom stereocenters. The summed E-state index contributed by atoms with van der Waals surface area (Å²) in [7, 11) is 0. The molecule has 1 aliphatic carbocycles. The van der Waals surface area contributed by atoms with Gasteiger partial charge in [-0.05, 0) is 30.5 Å². The summed E-state index contributed by atoms with van der Waals surface area (Å²) in [5, 5.41) is 15.5. The third kappa shape index (κ3) is 3.56. The number of aliphatic hydroxyl groups excluding tert-OH is 1. The first kappa shape index (κ1) is 15.6. The summed E-state index contributed by atoms with van der Waals surface area (Å²) in [6.45, 7) is 0.734. The largest absolute Gasteiger partial charge is 0.467 e. The van der Waals surface area contributed by atoms with Crippen LogP contribution in [-0.2, 0) is 5.41 Å². The lowest BCUT2D eigenvalue weighted by Crippen LogP contribution is -2.48. The van der Waals surface area contributed by atoms with Crippen LogP contribution in [0.25, 0.3) is 0 Å². The molecule has 0 spiro atoms. The Morgan fingerprint density at radius 2 is 1.96 bits per heavy atom. The molecule has 0 bridgehead atoms. The summed E-state index contributed by atoms with van der Waals surface area (Å²) in [4.78, 5) is 12.0. The standard InChI is InChI=1S/C18H22N2O3/c21-15(16-8-4-11-23-16)12-19-17(22)20-13-18(9-5-10-18)14-6-2-1-3-7-14/h1-4,6-8,11,15,21H,5,9-10,12-13H2,(H2,19,20,22). The second-order valence-electron chi connectivity index (χ2n) is 6.09. The minimum Gasteiger partial charge on any atom is -0.467 e. The van der Waals surface area contributed by atoms with Crippen LogP contribution in [0.2, 0.25) is 0 Å². The Hall–Kier alpha value is -2.27. The number of hydrogen-bond acceptors (Lipinski definition) is 3. The van der Waals surface area contributed by atoms with Gasteiger partial charge in [0, 0.05) is 12.0 Å². The molecule has 5 nitrogen and oxygen atoms in total. The van der Waals surface area contributed by atoms with Crippen LogP contribution in [-0.4, -0.2) is 24.2 Å². The van der Waals surface area contributed by atoms with Gasteiger partial charge in [0.05, 0.1) is 12.8 Å². The molecule has 1 atom stereocenters. The van der Waals surface area contributed by atoms with Gasteiger partial charge in [-0.25, -0.2) is 4.79 Å². The molecule has 122 valence electrons. The maximum absolute atomic E-state index is 12.0. The Morgan fingerprint density at radius 1 is 1.17 bits per heavy atom. The average Bonchev–Trinajstić information content (AvgIpc) is 3.07. The summed E-state index contributed by atoms with van der Waals surface area (Å²) in [5.41, 5.74) is 1.33. The van der Waals surface area contributed by atoms with Crippen LogP contribution in [0.15, 0.2) is 53.1 Å². The van der Waals surface area contributed by atoms with Crippen LogP contribution in [0, 0.1) is 0 Å². The number of hydrogen-bond donors (Lipinski definition) is 3. The molecule has 0 radical (unpaired) electrons. The molecule has 1 aromatic carbocycles. The predicted octanol–water partition coefficient (Wildman–Crippen LogP) is 2.73. The number of aliphatic hydroxyl groups is 1. The molecule has 3 rings (SSSR count). The third-order valence-corrected chi connectivity index (χ3v) is 4.61. The zero-order valence-corrected chi connectivity index (χ0v) is 13.0.